The van der Waals surface area contributed by atoms with Crippen LogP contribution in [0.2, 0.25) is 0 Å². The van der Waals surface area contributed by atoms with Gasteiger partial charge in [-0.3, -0.25) is 0 Å². The van der Waals surface area contributed by atoms with Gasteiger partial charge in [-0.05, 0) is 41.1 Å². The third-order valence-corrected chi connectivity index (χ3v) is 8.70. The molecule has 2 aromatic heterocycles. The van der Waals surface area contributed by atoms with Crippen LogP contribution in [0.4, 0.5) is 5.69 Å². The smallest absolute Gasteiger partial charge is 0.242 e. The fourth-order valence-corrected chi connectivity index (χ4v) is 7.33. The summed E-state index contributed by atoms with van der Waals surface area (Å²) in [5, 5.41) is 31.8. The number of benzene rings is 1. The first-order valence-corrected chi connectivity index (χ1v) is 13.8. The lowest BCUT2D eigenvalue weighted by molar-refractivity contribution is 0.449. The number of rotatable bonds is 6. The van der Waals surface area contributed by atoms with Crippen LogP contribution in [0.5, 0.6) is 5.88 Å². The van der Waals surface area contributed by atoms with Crippen molar-refractivity contribution in [2.45, 2.75) is 35.2 Å². The SMILES string of the molecule is NS(=O)(=O)c1c(S(=O)(=O)N[C@@H]2CCNC2)ccc(N2CCc3nc(O)ccc3C2)c1-c1nnn[nH]1. The van der Waals surface area contributed by atoms with Crippen LogP contribution in [0.3, 0.4) is 0 Å². The number of nitrogens with zero attached hydrogens (tertiary/aromatic N) is 5. The molecule has 0 amide bonds. The molecule has 0 saturated carbocycles. The quantitative estimate of drug-likeness (QED) is 0.260. The largest absolute Gasteiger partial charge is 0.493 e. The summed E-state index contributed by atoms with van der Waals surface area (Å²) < 4.78 is 54.9. The third-order valence-electron chi connectivity index (χ3n) is 6.01. The molecule has 186 valence electrons. The van der Waals surface area contributed by atoms with Gasteiger partial charge in [0.1, 0.15) is 9.79 Å². The summed E-state index contributed by atoms with van der Waals surface area (Å²) in [4.78, 5) is 4.93. The Bertz CT molecular complexity index is 1470. The normalized spacial score (nSPS) is 18.5. The summed E-state index contributed by atoms with van der Waals surface area (Å²) in [6.45, 7) is 1.82. The van der Waals surface area contributed by atoms with E-state index >= 15 is 0 Å². The zero-order valence-corrected chi connectivity index (χ0v) is 20.0. The van der Waals surface area contributed by atoms with Gasteiger partial charge in [0.2, 0.25) is 25.9 Å². The van der Waals surface area contributed by atoms with Crippen LogP contribution in [-0.2, 0) is 33.0 Å². The van der Waals surface area contributed by atoms with Gasteiger partial charge in [0.15, 0.2) is 5.82 Å². The van der Waals surface area contributed by atoms with Crippen molar-refractivity contribution in [3.8, 4) is 17.3 Å². The molecule has 35 heavy (non-hydrogen) atoms. The van der Waals surface area contributed by atoms with E-state index in [2.05, 4.69) is 35.6 Å². The highest BCUT2D eigenvalue weighted by molar-refractivity contribution is 7.92. The summed E-state index contributed by atoms with van der Waals surface area (Å²) in [7, 11) is -8.82. The minimum absolute atomic E-state index is 0.0416. The van der Waals surface area contributed by atoms with E-state index in [9.17, 15) is 21.9 Å². The van der Waals surface area contributed by atoms with Crippen LogP contribution in [0.15, 0.2) is 34.1 Å². The molecule has 1 aromatic carbocycles. The molecule has 0 spiro atoms. The fourth-order valence-electron chi connectivity index (χ4n) is 4.45. The van der Waals surface area contributed by atoms with E-state index in [1.54, 1.807) is 6.07 Å². The van der Waals surface area contributed by atoms with Crippen molar-refractivity contribution in [2.75, 3.05) is 24.5 Å². The molecular formula is C19H23N9O5S2. The Balaban J connectivity index is 1.67. The Morgan fingerprint density at radius 3 is 2.69 bits per heavy atom. The lowest BCUT2D eigenvalue weighted by Gasteiger charge is -2.32. The van der Waals surface area contributed by atoms with Crippen molar-refractivity contribution >= 4 is 25.7 Å². The number of tetrazole rings is 1. The van der Waals surface area contributed by atoms with E-state index < -0.39 is 29.8 Å². The van der Waals surface area contributed by atoms with Crippen LogP contribution < -0.4 is 20.1 Å². The molecule has 16 heteroatoms. The standard InChI is InChI=1S/C19H23N9O5S2/c20-34(30,31)18-15(35(32,33)25-12-5-7-21-9-12)3-2-14(17(18)19-23-26-27-24-19)28-8-6-13-11(10-28)1-4-16(29)22-13/h1-4,12,21,25H,5-10H2,(H,22,29)(H2,20,30,31)(H,23,24,26,27)/t12-/m1/s1. The van der Waals surface area contributed by atoms with E-state index in [0.29, 0.717) is 44.7 Å². The molecular weight excluding hydrogens is 498 g/mol. The predicted octanol–water partition coefficient (Wildman–Crippen LogP) is -1.18. The lowest BCUT2D eigenvalue weighted by Crippen LogP contribution is -2.37. The Kier molecular flexibility index (Phi) is 5.92. The van der Waals surface area contributed by atoms with E-state index in [-0.39, 0.29) is 23.3 Å². The number of sulfonamides is 2. The molecule has 1 atom stereocenters. The molecule has 0 bridgehead atoms. The van der Waals surface area contributed by atoms with E-state index in [1.165, 1.54) is 18.2 Å². The highest BCUT2D eigenvalue weighted by Crippen LogP contribution is 2.40. The van der Waals surface area contributed by atoms with Crippen LogP contribution in [0, 0.1) is 0 Å². The van der Waals surface area contributed by atoms with Gasteiger partial charge in [0, 0.05) is 43.9 Å². The summed E-state index contributed by atoms with van der Waals surface area (Å²) in [6.07, 6.45) is 1.04. The predicted molar refractivity (Wildman–Crippen MR) is 123 cm³/mol. The number of pyridine rings is 1. The van der Waals surface area contributed by atoms with Gasteiger partial charge >= 0.3 is 0 Å². The number of aromatic hydroxyl groups is 1. The summed E-state index contributed by atoms with van der Waals surface area (Å²) >= 11 is 0. The first-order valence-electron chi connectivity index (χ1n) is 10.7. The van der Waals surface area contributed by atoms with Gasteiger partial charge in [-0.1, -0.05) is 6.07 Å². The number of primary sulfonamides is 1. The maximum Gasteiger partial charge on any atom is 0.242 e. The number of hydrogen-bond donors (Lipinski definition) is 5. The molecule has 14 nitrogen and oxygen atoms in total. The number of aromatic nitrogens is 5. The molecule has 2 aliphatic heterocycles. The van der Waals surface area contributed by atoms with Gasteiger partial charge in [-0.25, -0.2) is 36.8 Å². The van der Waals surface area contributed by atoms with E-state index in [0.717, 1.165) is 11.3 Å². The molecule has 4 heterocycles. The second-order valence-corrected chi connectivity index (χ2v) is 11.5. The number of anilines is 1. The van der Waals surface area contributed by atoms with Gasteiger partial charge in [0.25, 0.3) is 0 Å². The molecule has 1 saturated heterocycles. The van der Waals surface area contributed by atoms with E-state index in [1.807, 2.05) is 4.90 Å². The summed E-state index contributed by atoms with van der Waals surface area (Å²) in [5.74, 6) is -0.125. The van der Waals surface area contributed by atoms with Gasteiger partial charge in [-0.15, -0.1) is 5.10 Å². The zero-order valence-electron chi connectivity index (χ0n) is 18.3. The zero-order chi connectivity index (χ0) is 24.8. The average molecular weight is 522 g/mol. The molecule has 0 radical (unpaired) electrons. The molecule has 6 N–H and O–H groups in total. The third kappa shape index (κ3) is 4.57. The molecule has 5 rings (SSSR count). The van der Waals surface area contributed by atoms with Crippen molar-refractivity contribution in [2.24, 2.45) is 5.14 Å². The second-order valence-electron chi connectivity index (χ2n) is 8.34. The monoisotopic (exact) mass is 521 g/mol. The number of nitrogens with two attached hydrogens (primary N) is 1. The summed E-state index contributed by atoms with van der Waals surface area (Å²) in [6, 6.07) is 5.58. The Hall–Kier alpha value is -3.18. The number of aromatic amines is 1. The molecule has 3 aromatic rings. The Morgan fingerprint density at radius 1 is 1.17 bits per heavy atom. The molecule has 1 fully saturated rings. The van der Waals surface area contributed by atoms with Crippen molar-refractivity contribution in [3.05, 3.63) is 35.5 Å². The van der Waals surface area contributed by atoms with Crippen molar-refractivity contribution in [1.29, 1.82) is 0 Å². The summed E-state index contributed by atoms with van der Waals surface area (Å²) in [5.41, 5.74) is 1.90. The number of fused-ring (bicyclic) bond motifs is 1. The fraction of sp³-hybridized carbons (Fsp3) is 0.368. The van der Waals surface area contributed by atoms with Crippen molar-refractivity contribution < 1.29 is 21.9 Å². The van der Waals surface area contributed by atoms with E-state index in [4.69, 9.17) is 5.14 Å². The topological polar surface area (TPSA) is 209 Å². The minimum Gasteiger partial charge on any atom is -0.493 e. The molecule has 0 unspecified atom stereocenters. The Labute approximate surface area is 201 Å². The maximum atomic E-state index is 13.3. The first kappa shape index (κ1) is 23.6. The number of nitrogens with one attached hydrogen (secondary N) is 3. The van der Waals surface area contributed by atoms with Gasteiger partial charge < -0.3 is 15.3 Å². The highest BCUT2D eigenvalue weighted by Gasteiger charge is 2.35. The lowest BCUT2D eigenvalue weighted by atomic mass is 10.0. The number of H-pyrrole nitrogens is 1. The van der Waals surface area contributed by atoms with Crippen LogP contribution in [-0.4, -0.2) is 73.2 Å². The van der Waals surface area contributed by atoms with Gasteiger partial charge in [0.05, 0.1) is 11.3 Å². The van der Waals surface area contributed by atoms with Crippen molar-refractivity contribution in [3.63, 3.8) is 0 Å². The molecule has 0 aliphatic carbocycles. The van der Waals surface area contributed by atoms with Crippen LogP contribution in [0.1, 0.15) is 17.7 Å². The molecule has 2 aliphatic rings. The maximum absolute atomic E-state index is 13.3. The average Bonchev–Trinajstić information content (AvgIpc) is 3.51. The highest BCUT2D eigenvalue weighted by atomic mass is 32.2. The second kappa shape index (κ2) is 8.80. The van der Waals surface area contributed by atoms with Crippen LogP contribution >= 0.6 is 0 Å². The van der Waals surface area contributed by atoms with Gasteiger partial charge in [-0.2, -0.15) is 0 Å². The first-order chi connectivity index (χ1) is 16.6. The van der Waals surface area contributed by atoms with Crippen molar-refractivity contribution in [1.82, 2.24) is 35.6 Å². The van der Waals surface area contributed by atoms with Crippen LogP contribution in [0.25, 0.3) is 11.4 Å². The Morgan fingerprint density at radius 2 is 2.00 bits per heavy atom. The minimum atomic E-state index is -4.56. The number of hydrogen-bond acceptors (Lipinski definition) is 11.